The molecule has 0 aliphatic heterocycles. The lowest BCUT2D eigenvalue weighted by atomic mass is 10.8. The van der Waals surface area contributed by atoms with E-state index in [0.717, 1.165) is 0 Å². The van der Waals surface area contributed by atoms with Gasteiger partial charge in [0.25, 0.3) is 0 Å². The van der Waals surface area contributed by atoms with Crippen LogP contribution in [0.2, 0.25) is 0 Å². The molecule has 0 atom stereocenters. The van der Waals surface area contributed by atoms with Gasteiger partial charge in [0, 0.05) is 0 Å². The van der Waals surface area contributed by atoms with Crippen LogP contribution in [0.4, 0.5) is 0 Å². The number of rotatable bonds is 1. The third-order valence-electron chi connectivity index (χ3n) is 0.132. The van der Waals surface area contributed by atoms with Crippen LogP contribution in [-0.2, 0) is 4.79 Å². The molecule has 0 aromatic heterocycles. The smallest absolute Gasteiger partial charge is 0.228 e. The molecule has 6 heavy (non-hydrogen) atoms. The average molecular weight is 170 g/mol. The van der Waals surface area contributed by atoms with Crippen LogP contribution < -0.4 is 5.73 Å². The topological polar surface area (TPSA) is 43.1 Å². The van der Waals surface area contributed by atoms with E-state index in [4.69, 9.17) is 0 Å². The first-order valence-electron chi connectivity index (χ1n) is 1.11. The number of carbonyl (C=O) groups excluding carboxylic acids is 1. The monoisotopic (exact) mass is 169 g/mol. The van der Waals surface area contributed by atoms with Crippen molar-refractivity contribution in [3.05, 3.63) is 0 Å². The van der Waals surface area contributed by atoms with Gasteiger partial charge in [-0.1, -0.05) is 15.9 Å². The van der Waals surface area contributed by atoms with Gasteiger partial charge < -0.3 is 5.73 Å². The molecule has 0 rings (SSSR count). The summed E-state index contributed by atoms with van der Waals surface area (Å²) in [5.74, 6) is -0.329. The Morgan fingerprint density at radius 1 is 1.83 bits per heavy atom. The van der Waals surface area contributed by atoms with Crippen molar-refractivity contribution in [1.29, 1.82) is 0 Å². The van der Waals surface area contributed by atoms with Gasteiger partial charge in [-0.2, -0.15) is 0 Å². The Kier molecular flexibility index (Phi) is 8.17. The Hall–Kier alpha value is 0.167. The van der Waals surface area contributed by atoms with Gasteiger partial charge in [-0.3, -0.25) is 4.79 Å². The molecule has 0 heterocycles. The van der Waals surface area contributed by atoms with Gasteiger partial charge >= 0.3 is 0 Å². The highest BCUT2D eigenvalue weighted by molar-refractivity contribution is 9.09. The number of hydrogen-bond donors (Lipinski definition) is 1. The fraction of sp³-hybridized carbons (Fsp3) is 0.500. The summed E-state index contributed by atoms with van der Waals surface area (Å²) >= 11 is 2.84. The van der Waals surface area contributed by atoms with Crippen molar-refractivity contribution in [3.8, 4) is 0 Å². The zero-order valence-corrected chi connectivity index (χ0v) is 4.16. The Morgan fingerprint density at radius 3 is 2.00 bits per heavy atom. The average Bonchev–Trinajstić information content (AvgIpc) is 1.38. The predicted molar refractivity (Wildman–Crippen MR) is 34.3 cm³/mol. The maximum Gasteiger partial charge on any atom is 0.228 e. The zero-order chi connectivity index (χ0) is 4.28. The third-order valence-corrected chi connectivity index (χ3v) is 0.684. The van der Waals surface area contributed by atoms with Crippen LogP contribution in [0, 0.1) is 0 Å². The first-order valence-corrected chi connectivity index (χ1v) is 2.24. The highest BCUT2D eigenvalue weighted by atomic mass is 79.9. The Bertz CT molecular complexity index is 48.8. The first kappa shape index (κ1) is 9.48. The summed E-state index contributed by atoms with van der Waals surface area (Å²) in [6, 6.07) is 0. The minimum atomic E-state index is -0.329. The van der Waals surface area contributed by atoms with Gasteiger partial charge in [0.1, 0.15) is 0 Å². The summed E-state index contributed by atoms with van der Waals surface area (Å²) in [6.45, 7) is 0. The number of hydrogen-bond acceptors (Lipinski definition) is 1. The first-order chi connectivity index (χ1) is 2.27. The summed E-state index contributed by atoms with van der Waals surface area (Å²) in [7, 11) is 0. The Morgan fingerprint density at radius 2 is 2.00 bits per heavy atom. The van der Waals surface area contributed by atoms with Crippen LogP contribution in [0.25, 0.3) is 0 Å². The van der Waals surface area contributed by atoms with E-state index in [0.29, 0.717) is 0 Å². The fourth-order valence-corrected chi connectivity index (χ4v) is 0. The molecule has 1 amide bonds. The zero-order valence-electron chi connectivity index (χ0n) is 2.57. The van der Waals surface area contributed by atoms with Crippen molar-refractivity contribution >= 4 is 32.8 Å². The quantitative estimate of drug-likeness (QED) is 0.374. The SMILES string of the molecule is NC(=O)CBr.[SiH4]. The van der Waals surface area contributed by atoms with Crippen LogP contribution in [0.5, 0.6) is 0 Å². The van der Waals surface area contributed by atoms with E-state index in [1.165, 1.54) is 0 Å². The molecule has 2 nitrogen and oxygen atoms in total. The molecule has 2 N–H and O–H groups in total. The maximum absolute atomic E-state index is 9.54. The molecule has 0 aliphatic carbocycles. The number of primary amides is 1. The number of amides is 1. The lowest BCUT2D eigenvalue weighted by Gasteiger charge is -1.71. The van der Waals surface area contributed by atoms with E-state index in [1.54, 1.807) is 0 Å². The third kappa shape index (κ3) is 8.90. The van der Waals surface area contributed by atoms with Crippen molar-refractivity contribution in [3.63, 3.8) is 0 Å². The normalized spacial score (nSPS) is 6.17. The van der Waals surface area contributed by atoms with E-state index in [9.17, 15) is 4.79 Å². The molecule has 0 fully saturated rings. The van der Waals surface area contributed by atoms with E-state index in [1.807, 2.05) is 0 Å². The molecule has 0 unspecified atom stereocenters. The van der Waals surface area contributed by atoms with Crippen LogP contribution in [-0.4, -0.2) is 22.2 Å². The van der Waals surface area contributed by atoms with Crippen LogP contribution in [0.1, 0.15) is 0 Å². The summed E-state index contributed by atoms with van der Waals surface area (Å²) in [6.07, 6.45) is 0. The van der Waals surface area contributed by atoms with Crippen molar-refractivity contribution < 1.29 is 4.79 Å². The predicted octanol–water partition coefficient (Wildman–Crippen LogP) is -1.59. The minimum absolute atomic E-state index is 0. The second-order valence-corrected chi connectivity index (χ2v) is 1.16. The van der Waals surface area contributed by atoms with Crippen molar-refractivity contribution in [2.45, 2.75) is 0 Å². The summed E-state index contributed by atoms with van der Waals surface area (Å²) < 4.78 is 0. The van der Waals surface area contributed by atoms with Crippen LogP contribution in [0.15, 0.2) is 0 Å². The molecule has 0 saturated carbocycles. The Balaban J connectivity index is 0. The largest absolute Gasteiger partial charge is 0.369 e. The molecule has 4 heteroatoms. The number of carbonyl (C=O) groups is 1. The standard InChI is InChI=1S/C2H4BrNO.H4Si/c3-1-2(4)5;/h1H2,(H2,4,5);1H4. The summed E-state index contributed by atoms with van der Waals surface area (Å²) in [4.78, 5) is 9.54. The molecule has 0 aromatic carbocycles. The Labute approximate surface area is 49.2 Å². The van der Waals surface area contributed by atoms with Gasteiger partial charge in [-0.25, -0.2) is 0 Å². The maximum atomic E-state index is 9.54. The molecule has 0 bridgehead atoms. The summed E-state index contributed by atoms with van der Waals surface area (Å²) in [5.41, 5.74) is 4.61. The van der Waals surface area contributed by atoms with E-state index >= 15 is 0 Å². The van der Waals surface area contributed by atoms with E-state index in [-0.39, 0.29) is 22.2 Å². The molecule has 0 saturated heterocycles. The van der Waals surface area contributed by atoms with Gasteiger partial charge in [-0.05, 0) is 11.0 Å². The molecule has 0 aromatic rings. The van der Waals surface area contributed by atoms with Crippen molar-refractivity contribution in [2.24, 2.45) is 5.73 Å². The van der Waals surface area contributed by atoms with Crippen molar-refractivity contribution in [2.75, 3.05) is 5.33 Å². The van der Waals surface area contributed by atoms with Crippen molar-refractivity contribution in [1.82, 2.24) is 0 Å². The molecule has 38 valence electrons. The van der Waals surface area contributed by atoms with Gasteiger partial charge in [0.2, 0.25) is 5.91 Å². The van der Waals surface area contributed by atoms with E-state index < -0.39 is 0 Å². The lowest BCUT2D eigenvalue weighted by Crippen LogP contribution is -2.10. The second kappa shape index (κ2) is 5.17. The summed E-state index contributed by atoms with van der Waals surface area (Å²) in [5, 5.41) is 0.257. The number of alkyl halides is 1. The van der Waals surface area contributed by atoms with Gasteiger partial charge in [-0.15, -0.1) is 0 Å². The molecule has 0 radical (unpaired) electrons. The lowest BCUT2D eigenvalue weighted by molar-refractivity contribution is -0.115. The molecular weight excluding hydrogens is 162 g/mol. The van der Waals surface area contributed by atoms with Gasteiger partial charge in [0.15, 0.2) is 0 Å². The van der Waals surface area contributed by atoms with Crippen LogP contribution in [0.3, 0.4) is 0 Å². The number of halogens is 1. The molecule has 0 aliphatic rings. The molecular formula is C2H8BrNOSi. The highest BCUT2D eigenvalue weighted by Crippen LogP contribution is 1.71. The highest BCUT2D eigenvalue weighted by Gasteiger charge is 1.79. The van der Waals surface area contributed by atoms with Gasteiger partial charge in [0.05, 0.1) is 5.33 Å². The van der Waals surface area contributed by atoms with E-state index in [2.05, 4.69) is 21.7 Å². The number of nitrogens with two attached hydrogens (primary N) is 1. The molecule has 0 spiro atoms. The van der Waals surface area contributed by atoms with Crippen LogP contribution >= 0.6 is 15.9 Å². The second-order valence-electron chi connectivity index (χ2n) is 0.600. The fourth-order valence-electron chi connectivity index (χ4n) is 0. The minimum Gasteiger partial charge on any atom is -0.369 e.